The summed E-state index contributed by atoms with van der Waals surface area (Å²) in [5.41, 5.74) is 10.5. The first kappa shape index (κ1) is 16.2. The van der Waals surface area contributed by atoms with Crippen LogP contribution in [0.5, 0.6) is 0 Å². The number of anilines is 1. The smallest absolute Gasteiger partial charge is 0.231 e. The van der Waals surface area contributed by atoms with E-state index in [1.54, 1.807) is 4.90 Å². The van der Waals surface area contributed by atoms with Crippen LogP contribution in [-0.4, -0.2) is 13.0 Å². The zero-order valence-electron chi connectivity index (χ0n) is 13.7. The normalized spacial score (nSPS) is 13.5. The summed E-state index contributed by atoms with van der Waals surface area (Å²) in [5.74, 6) is -0.255. The molecule has 0 saturated heterocycles. The molecule has 0 radical (unpaired) electrons. The largest absolute Gasteiger partial charge is 0.323 e. The highest BCUT2D eigenvalue weighted by atomic mass is 16.2. The summed E-state index contributed by atoms with van der Waals surface area (Å²) in [6.45, 7) is 5.96. The first-order chi connectivity index (χ1) is 10.4. The van der Waals surface area contributed by atoms with Gasteiger partial charge in [-0.1, -0.05) is 43.3 Å². The fourth-order valence-electron chi connectivity index (χ4n) is 2.69. The van der Waals surface area contributed by atoms with Gasteiger partial charge in [0.2, 0.25) is 5.91 Å². The lowest BCUT2D eigenvalue weighted by molar-refractivity contribution is -0.122. The van der Waals surface area contributed by atoms with Gasteiger partial charge >= 0.3 is 0 Å². The van der Waals surface area contributed by atoms with Gasteiger partial charge in [-0.15, -0.1) is 0 Å². The van der Waals surface area contributed by atoms with E-state index in [1.165, 1.54) is 0 Å². The molecule has 0 aliphatic carbocycles. The molecule has 3 heteroatoms. The van der Waals surface area contributed by atoms with Crippen LogP contribution >= 0.6 is 0 Å². The van der Waals surface area contributed by atoms with Crippen molar-refractivity contribution in [1.82, 2.24) is 0 Å². The van der Waals surface area contributed by atoms with Crippen molar-refractivity contribution in [3.8, 4) is 0 Å². The summed E-state index contributed by atoms with van der Waals surface area (Å²) in [6, 6.07) is 15.6. The van der Waals surface area contributed by atoms with Crippen LogP contribution in [0.1, 0.15) is 29.7 Å². The Morgan fingerprint density at radius 1 is 1.05 bits per heavy atom. The van der Waals surface area contributed by atoms with Gasteiger partial charge in [-0.25, -0.2) is 0 Å². The van der Waals surface area contributed by atoms with Crippen LogP contribution in [-0.2, 0) is 4.79 Å². The second-order valence-electron chi connectivity index (χ2n) is 5.97. The molecule has 2 unspecified atom stereocenters. The van der Waals surface area contributed by atoms with E-state index in [9.17, 15) is 4.79 Å². The molecule has 0 saturated carbocycles. The summed E-state index contributed by atoms with van der Waals surface area (Å²) in [5, 5.41) is 0. The quantitative estimate of drug-likeness (QED) is 0.937. The molecule has 116 valence electrons. The van der Waals surface area contributed by atoms with Crippen molar-refractivity contribution in [2.45, 2.75) is 26.8 Å². The Hall–Kier alpha value is -2.13. The minimum atomic E-state index is -0.304. The van der Waals surface area contributed by atoms with Gasteiger partial charge < -0.3 is 10.6 Å². The third kappa shape index (κ3) is 3.55. The second kappa shape index (κ2) is 6.75. The molecular formula is C19H24N2O. The number of benzene rings is 2. The average Bonchev–Trinajstić information content (AvgIpc) is 2.52. The van der Waals surface area contributed by atoms with Gasteiger partial charge in [0.1, 0.15) is 0 Å². The monoisotopic (exact) mass is 296 g/mol. The molecule has 2 rings (SSSR count). The van der Waals surface area contributed by atoms with Crippen LogP contribution in [0.3, 0.4) is 0 Å². The molecule has 0 heterocycles. The molecule has 0 bridgehead atoms. The van der Waals surface area contributed by atoms with Crippen LogP contribution in [0.25, 0.3) is 0 Å². The molecule has 2 atom stereocenters. The summed E-state index contributed by atoms with van der Waals surface area (Å²) < 4.78 is 0. The fraction of sp³-hybridized carbons (Fsp3) is 0.316. The van der Waals surface area contributed by atoms with Crippen LogP contribution in [0.4, 0.5) is 5.69 Å². The predicted octanol–water partition coefficient (Wildman–Crippen LogP) is 3.60. The second-order valence-corrected chi connectivity index (χ2v) is 5.97. The first-order valence-corrected chi connectivity index (χ1v) is 7.56. The number of nitrogens with zero attached hydrogens (tertiary/aromatic N) is 1. The molecule has 0 aliphatic rings. The average molecular weight is 296 g/mol. The highest BCUT2D eigenvalue weighted by Gasteiger charge is 2.25. The molecule has 22 heavy (non-hydrogen) atoms. The predicted molar refractivity (Wildman–Crippen MR) is 91.9 cm³/mol. The lowest BCUT2D eigenvalue weighted by atomic mass is 9.94. The van der Waals surface area contributed by atoms with E-state index in [-0.39, 0.29) is 17.9 Å². The number of hydrogen-bond donors (Lipinski definition) is 1. The van der Waals surface area contributed by atoms with E-state index in [0.717, 1.165) is 22.4 Å². The Bertz CT molecular complexity index is 631. The zero-order valence-corrected chi connectivity index (χ0v) is 13.7. The lowest BCUT2D eigenvalue weighted by Gasteiger charge is -2.26. The van der Waals surface area contributed by atoms with Gasteiger partial charge in [0.25, 0.3) is 0 Å². The van der Waals surface area contributed by atoms with Gasteiger partial charge in [-0.2, -0.15) is 0 Å². The van der Waals surface area contributed by atoms with Crippen molar-refractivity contribution in [3.63, 3.8) is 0 Å². The highest BCUT2D eigenvalue weighted by molar-refractivity contribution is 5.95. The van der Waals surface area contributed by atoms with Crippen molar-refractivity contribution in [3.05, 3.63) is 65.2 Å². The molecule has 2 aromatic rings. The van der Waals surface area contributed by atoms with E-state index >= 15 is 0 Å². The lowest BCUT2D eigenvalue weighted by Crippen LogP contribution is -2.37. The minimum Gasteiger partial charge on any atom is -0.323 e. The Labute approximate surface area is 132 Å². The van der Waals surface area contributed by atoms with Crippen LogP contribution < -0.4 is 10.6 Å². The summed E-state index contributed by atoms with van der Waals surface area (Å²) in [4.78, 5) is 14.4. The number of hydrogen-bond acceptors (Lipinski definition) is 2. The third-order valence-electron chi connectivity index (χ3n) is 4.04. The minimum absolute atomic E-state index is 0.0290. The van der Waals surface area contributed by atoms with Gasteiger partial charge in [-0.05, 0) is 42.7 Å². The summed E-state index contributed by atoms with van der Waals surface area (Å²) >= 11 is 0. The molecule has 0 aliphatic heterocycles. The fourth-order valence-corrected chi connectivity index (χ4v) is 2.69. The first-order valence-electron chi connectivity index (χ1n) is 7.56. The maximum Gasteiger partial charge on any atom is 0.231 e. The van der Waals surface area contributed by atoms with Crippen molar-refractivity contribution in [2.24, 2.45) is 11.7 Å². The van der Waals surface area contributed by atoms with Crippen molar-refractivity contribution in [2.75, 3.05) is 11.9 Å². The molecule has 0 fully saturated rings. The molecule has 2 aromatic carbocycles. The number of nitrogens with two attached hydrogens (primary N) is 1. The van der Waals surface area contributed by atoms with E-state index < -0.39 is 0 Å². The Kier molecular flexibility index (Phi) is 4.99. The SMILES string of the molecule is Cc1cc(C)cc(N(C)C(=O)C(C)C(N)c2ccccc2)c1. The van der Waals surface area contributed by atoms with Crippen molar-refractivity contribution >= 4 is 11.6 Å². The Balaban J connectivity index is 2.19. The summed E-state index contributed by atoms with van der Waals surface area (Å²) in [7, 11) is 1.81. The summed E-state index contributed by atoms with van der Waals surface area (Å²) in [6.07, 6.45) is 0. The molecule has 0 aromatic heterocycles. The number of amides is 1. The number of carbonyl (C=O) groups excluding carboxylic acids is 1. The third-order valence-corrected chi connectivity index (χ3v) is 4.04. The molecule has 1 amide bonds. The van der Waals surface area contributed by atoms with Crippen LogP contribution in [0, 0.1) is 19.8 Å². The van der Waals surface area contributed by atoms with Gasteiger partial charge in [0, 0.05) is 18.8 Å². The number of rotatable bonds is 4. The van der Waals surface area contributed by atoms with Crippen molar-refractivity contribution in [1.29, 1.82) is 0 Å². The van der Waals surface area contributed by atoms with E-state index in [0.29, 0.717) is 0 Å². The Morgan fingerprint density at radius 2 is 1.59 bits per heavy atom. The molecule has 3 nitrogen and oxygen atoms in total. The molecular weight excluding hydrogens is 272 g/mol. The van der Waals surface area contributed by atoms with Crippen LogP contribution in [0.2, 0.25) is 0 Å². The number of aryl methyl sites for hydroxylation is 2. The standard InChI is InChI=1S/C19H24N2O/c1-13-10-14(2)12-17(11-13)21(4)19(22)15(3)18(20)16-8-6-5-7-9-16/h5-12,15,18H,20H2,1-4H3. The maximum absolute atomic E-state index is 12.7. The van der Waals surface area contributed by atoms with Gasteiger partial charge in [-0.3, -0.25) is 4.79 Å². The topological polar surface area (TPSA) is 46.3 Å². The van der Waals surface area contributed by atoms with Crippen molar-refractivity contribution < 1.29 is 4.79 Å². The van der Waals surface area contributed by atoms with Crippen LogP contribution in [0.15, 0.2) is 48.5 Å². The highest BCUT2D eigenvalue weighted by Crippen LogP contribution is 2.24. The molecule has 2 N–H and O–H groups in total. The van der Waals surface area contributed by atoms with Gasteiger partial charge in [0.05, 0.1) is 5.92 Å². The maximum atomic E-state index is 12.7. The van der Waals surface area contributed by atoms with E-state index in [2.05, 4.69) is 6.07 Å². The Morgan fingerprint density at radius 3 is 2.14 bits per heavy atom. The van der Waals surface area contributed by atoms with E-state index in [1.807, 2.05) is 70.3 Å². The van der Waals surface area contributed by atoms with Gasteiger partial charge in [0.15, 0.2) is 0 Å². The number of carbonyl (C=O) groups is 1. The molecule has 0 spiro atoms. The van der Waals surface area contributed by atoms with E-state index in [4.69, 9.17) is 5.73 Å². The zero-order chi connectivity index (χ0) is 16.3.